The van der Waals surface area contributed by atoms with Gasteiger partial charge in [-0.3, -0.25) is 0 Å². The van der Waals surface area contributed by atoms with Gasteiger partial charge in [0.25, 0.3) is 0 Å². The van der Waals surface area contributed by atoms with Gasteiger partial charge in [0.05, 0.1) is 16.7 Å². The molecule has 1 aromatic carbocycles. The first-order valence-corrected chi connectivity index (χ1v) is 7.59. The Labute approximate surface area is 124 Å². The Kier molecular flexibility index (Phi) is 3.78. The first-order chi connectivity index (χ1) is 9.12. The second-order valence-corrected chi connectivity index (χ2v) is 6.72. The van der Waals surface area contributed by atoms with Gasteiger partial charge in [-0.2, -0.15) is 0 Å². The Hall–Kier alpha value is -0.280. The minimum Gasteiger partial charge on any atom is -0.383 e. The van der Waals surface area contributed by atoms with Crippen LogP contribution in [0.5, 0.6) is 0 Å². The summed E-state index contributed by atoms with van der Waals surface area (Å²) in [6.07, 6.45) is 4.77. The third kappa shape index (κ3) is 2.64. The number of nitrogens with one attached hydrogen (secondary N) is 1. The highest BCUT2D eigenvalue weighted by atomic mass is 35.5. The quantitative estimate of drug-likeness (QED) is 0.910. The average Bonchev–Trinajstić information content (AvgIpc) is 2.68. The lowest BCUT2D eigenvalue weighted by molar-refractivity contribution is 0.0940. The molecule has 0 spiro atoms. The zero-order valence-electron chi connectivity index (χ0n) is 11.1. The first kappa shape index (κ1) is 13.7. The summed E-state index contributed by atoms with van der Waals surface area (Å²) in [7, 11) is 1.78. The monoisotopic (exact) mass is 299 g/mol. The fourth-order valence-electron chi connectivity index (χ4n) is 3.73. The van der Waals surface area contributed by atoms with Gasteiger partial charge in [0.15, 0.2) is 0 Å². The van der Waals surface area contributed by atoms with Gasteiger partial charge in [-0.25, -0.2) is 0 Å². The minimum absolute atomic E-state index is 0.161. The van der Waals surface area contributed by atoms with Crippen LogP contribution in [0.3, 0.4) is 0 Å². The number of methoxy groups -OCH3 is 1. The Balaban J connectivity index is 1.84. The molecule has 0 saturated carbocycles. The Morgan fingerprint density at radius 2 is 2.21 bits per heavy atom. The standard InChI is InChI=1S/C15H19Cl2NO/c1-19-9-15-5-4-12(18-15)6-11(8-15)10-2-3-13(16)14(17)7-10/h2-3,7,11-12,18H,4-6,8-9H2,1H3. The molecule has 0 radical (unpaired) electrons. The molecule has 104 valence electrons. The van der Waals surface area contributed by atoms with Gasteiger partial charge in [-0.15, -0.1) is 0 Å². The highest BCUT2D eigenvalue weighted by molar-refractivity contribution is 6.42. The fraction of sp³-hybridized carbons (Fsp3) is 0.600. The van der Waals surface area contributed by atoms with Gasteiger partial charge in [-0.05, 0) is 49.3 Å². The zero-order valence-corrected chi connectivity index (χ0v) is 12.6. The summed E-state index contributed by atoms with van der Waals surface area (Å²) >= 11 is 12.1. The second kappa shape index (κ2) is 5.25. The van der Waals surface area contributed by atoms with Crippen molar-refractivity contribution in [3.05, 3.63) is 33.8 Å². The van der Waals surface area contributed by atoms with Crippen LogP contribution in [0.25, 0.3) is 0 Å². The highest BCUT2D eigenvalue weighted by Gasteiger charge is 2.45. The minimum atomic E-state index is 0.161. The number of halogens is 2. The molecule has 2 aliphatic rings. The second-order valence-electron chi connectivity index (χ2n) is 5.90. The molecule has 2 nitrogen and oxygen atoms in total. The molecule has 3 rings (SSSR count). The largest absolute Gasteiger partial charge is 0.383 e. The van der Waals surface area contributed by atoms with E-state index in [1.54, 1.807) is 7.11 Å². The van der Waals surface area contributed by atoms with Gasteiger partial charge >= 0.3 is 0 Å². The van der Waals surface area contributed by atoms with Gasteiger partial charge < -0.3 is 10.1 Å². The molecular weight excluding hydrogens is 281 g/mol. The lowest BCUT2D eigenvalue weighted by Gasteiger charge is -2.39. The smallest absolute Gasteiger partial charge is 0.0644 e. The third-order valence-corrected chi connectivity index (χ3v) is 5.26. The number of hydrogen-bond donors (Lipinski definition) is 1. The number of hydrogen-bond acceptors (Lipinski definition) is 2. The molecule has 1 N–H and O–H groups in total. The van der Waals surface area contributed by atoms with Crippen LogP contribution in [0.2, 0.25) is 10.0 Å². The van der Waals surface area contributed by atoms with E-state index in [1.807, 2.05) is 12.1 Å². The summed E-state index contributed by atoms with van der Waals surface area (Å²) in [5.41, 5.74) is 1.47. The van der Waals surface area contributed by atoms with Crippen molar-refractivity contribution < 1.29 is 4.74 Å². The molecule has 19 heavy (non-hydrogen) atoms. The zero-order chi connectivity index (χ0) is 13.5. The molecular formula is C15H19Cl2NO. The first-order valence-electron chi connectivity index (χ1n) is 6.83. The van der Waals surface area contributed by atoms with E-state index < -0.39 is 0 Å². The van der Waals surface area contributed by atoms with Crippen LogP contribution >= 0.6 is 23.2 Å². The molecule has 1 aromatic rings. The predicted molar refractivity (Wildman–Crippen MR) is 79.2 cm³/mol. The Morgan fingerprint density at radius 3 is 2.95 bits per heavy atom. The van der Waals surface area contributed by atoms with E-state index in [0.717, 1.165) is 13.0 Å². The molecule has 2 aliphatic heterocycles. The Bertz CT molecular complexity index is 475. The van der Waals surface area contributed by atoms with Crippen molar-refractivity contribution in [2.24, 2.45) is 0 Å². The van der Waals surface area contributed by atoms with Crippen molar-refractivity contribution in [1.82, 2.24) is 5.32 Å². The lowest BCUT2D eigenvalue weighted by Crippen LogP contribution is -2.51. The summed E-state index contributed by atoms with van der Waals surface area (Å²) in [5, 5.41) is 5.04. The van der Waals surface area contributed by atoms with Crippen molar-refractivity contribution in [3.8, 4) is 0 Å². The molecule has 2 heterocycles. The SMILES string of the molecule is COCC12CCC(CC(c3ccc(Cl)c(Cl)c3)C1)N2. The van der Waals surface area contributed by atoms with Gasteiger partial charge in [-0.1, -0.05) is 29.3 Å². The van der Waals surface area contributed by atoms with Crippen molar-refractivity contribution in [2.45, 2.75) is 43.2 Å². The van der Waals surface area contributed by atoms with Crippen LogP contribution in [0.1, 0.15) is 37.2 Å². The molecule has 2 bridgehead atoms. The molecule has 0 aliphatic carbocycles. The number of piperidine rings is 1. The molecule has 2 fully saturated rings. The molecule has 3 atom stereocenters. The van der Waals surface area contributed by atoms with Crippen LogP contribution in [0.15, 0.2) is 18.2 Å². The number of ether oxygens (including phenoxy) is 1. The van der Waals surface area contributed by atoms with Crippen molar-refractivity contribution in [1.29, 1.82) is 0 Å². The van der Waals surface area contributed by atoms with E-state index >= 15 is 0 Å². The lowest BCUT2D eigenvalue weighted by atomic mass is 9.80. The van der Waals surface area contributed by atoms with E-state index in [4.69, 9.17) is 27.9 Å². The number of rotatable bonds is 3. The third-order valence-electron chi connectivity index (χ3n) is 4.52. The number of fused-ring (bicyclic) bond motifs is 2. The molecule has 4 heteroatoms. The maximum atomic E-state index is 6.15. The molecule has 3 unspecified atom stereocenters. The summed E-state index contributed by atoms with van der Waals surface area (Å²) in [6.45, 7) is 0.793. The van der Waals surface area contributed by atoms with Crippen LogP contribution in [-0.4, -0.2) is 25.3 Å². The average molecular weight is 300 g/mol. The Morgan fingerprint density at radius 1 is 1.37 bits per heavy atom. The highest BCUT2D eigenvalue weighted by Crippen LogP contribution is 2.44. The van der Waals surface area contributed by atoms with Crippen LogP contribution in [0, 0.1) is 0 Å². The number of benzene rings is 1. The summed E-state index contributed by atoms with van der Waals surface area (Å²) in [5.74, 6) is 0.554. The van der Waals surface area contributed by atoms with Crippen molar-refractivity contribution in [2.75, 3.05) is 13.7 Å². The van der Waals surface area contributed by atoms with Crippen LogP contribution in [-0.2, 0) is 4.74 Å². The van der Waals surface area contributed by atoms with Gasteiger partial charge in [0.1, 0.15) is 0 Å². The maximum Gasteiger partial charge on any atom is 0.0644 e. The van der Waals surface area contributed by atoms with Gasteiger partial charge in [0.2, 0.25) is 0 Å². The van der Waals surface area contributed by atoms with Crippen LogP contribution < -0.4 is 5.32 Å². The molecule has 2 saturated heterocycles. The van der Waals surface area contributed by atoms with E-state index in [9.17, 15) is 0 Å². The van der Waals surface area contributed by atoms with Gasteiger partial charge in [0, 0.05) is 18.7 Å². The molecule has 0 aromatic heterocycles. The summed E-state index contributed by atoms with van der Waals surface area (Å²) in [6, 6.07) is 6.67. The normalized spacial score (nSPS) is 33.6. The fourth-order valence-corrected chi connectivity index (χ4v) is 4.04. The van der Waals surface area contributed by atoms with Crippen molar-refractivity contribution >= 4 is 23.2 Å². The van der Waals surface area contributed by atoms with E-state index in [0.29, 0.717) is 22.0 Å². The summed E-state index contributed by atoms with van der Waals surface area (Å²) < 4.78 is 5.42. The van der Waals surface area contributed by atoms with E-state index in [-0.39, 0.29) is 5.54 Å². The van der Waals surface area contributed by atoms with Crippen LogP contribution in [0.4, 0.5) is 0 Å². The van der Waals surface area contributed by atoms with E-state index in [1.165, 1.54) is 24.8 Å². The predicted octanol–water partition coefficient (Wildman–Crippen LogP) is 4.01. The maximum absolute atomic E-state index is 6.15. The topological polar surface area (TPSA) is 21.3 Å². The van der Waals surface area contributed by atoms with E-state index in [2.05, 4.69) is 11.4 Å². The van der Waals surface area contributed by atoms with Crippen molar-refractivity contribution in [3.63, 3.8) is 0 Å². The summed E-state index contributed by atoms with van der Waals surface area (Å²) in [4.78, 5) is 0. The molecule has 0 amide bonds.